The van der Waals surface area contributed by atoms with E-state index in [0.717, 1.165) is 11.0 Å². The van der Waals surface area contributed by atoms with Crippen LogP contribution in [0.5, 0.6) is 0 Å². The summed E-state index contributed by atoms with van der Waals surface area (Å²) >= 11 is 2.23. The lowest BCUT2D eigenvalue weighted by Gasteiger charge is -2.33. The normalized spacial score (nSPS) is 11.3. The third kappa shape index (κ3) is 3.79. The van der Waals surface area contributed by atoms with Crippen molar-refractivity contribution in [1.82, 2.24) is 4.90 Å². The van der Waals surface area contributed by atoms with E-state index < -0.39 is 0 Å². The molecule has 0 aromatic heterocycles. The summed E-state index contributed by atoms with van der Waals surface area (Å²) in [7, 11) is 0. The highest BCUT2D eigenvalue weighted by molar-refractivity contribution is 14.1. The van der Waals surface area contributed by atoms with Crippen LogP contribution >= 0.6 is 22.6 Å². The lowest BCUT2D eigenvalue weighted by atomic mass is 10.1. The summed E-state index contributed by atoms with van der Waals surface area (Å²) in [5, 5.41) is 0. The van der Waals surface area contributed by atoms with Gasteiger partial charge in [-0.25, -0.2) is 4.79 Å². The van der Waals surface area contributed by atoms with E-state index in [4.69, 9.17) is 5.73 Å². The average Bonchev–Trinajstić information content (AvgIpc) is 1.79. The molecule has 0 radical (unpaired) electrons. The fourth-order valence-corrected chi connectivity index (χ4v) is 1.34. The molecule has 0 unspecified atom stereocenters. The minimum Gasteiger partial charge on any atom is -0.351 e. The molecule has 2 amide bonds. The summed E-state index contributed by atoms with van der Waals surface area (Å²) in [6.07, 6.45) is 0. The van der Waals surface area contributed by atoms with E-state index in [1.807, 2.05) is 20.8 Å². The third-order valence-corrected chi connectivity index (χ3v) is 1.87. The summed E-state index contributed by atoms with van der Waals surface area (Å²) in [6, 6.07) is -0.339. The van der Waals surface area contributed by atoms with Gasteiger partial charge in [-0.05, 0) is 20.8 Å². The van der Waals surface area contributed by atoms with E-state index in [1.165, 1.54) is 0 Å². The van der Waals surface area contributed by atoms with Crippen molar-refractivity contribution in [2.75, 3.05) is 11.0 Å². The van der Waals surface area contributed by atoms with Gasteiger partial charge >= 0.3 is 6.03 Å². The van der Waals surface area contributed by atoms with Crippen LogP contribution in [0.25, 0.3) is 0 Å². The molecule has 0 spiro atoms. The Labute approximate surface area is 81.5 Å². The highest BCUT2D eigenvalue weighted by Crippen LogP contribution is 2.12. The first-order chi connectivity index (χ1) is 4.89. The molecule has 0 aliphatic rings. The molecule has 0 aliphatic heterocycles. The quantitative estimate of drug-likeness (QED) is 0.601. The lowest BCUT2D eigenvalue weighted by molar-refractivity contribution is 0.160. The Balaban J connectivity index is 4.22. The molecule has 0 heterocycles. The molecule has 0 aliphatic carbocycles. The van der Waals surface area contributed by atoms with Gasteiger partial charge in [0.05, 0.1) is 0 Å². The predicted octanol–water partition coefficient (Wildman–Crippen LogP) is 1.60. The van der Waals surface area contributed by atoms with Crippen LogP contribution < -0.4 is 5.73 Å². The molecule has 0 aromatic rings. The molecule has 0 atom stereocenters. The molecular formula is C7H15IN2O. The van der Waals surface area contributed by atoms with Crippen LogP contribution in [0.1, 0.15) is 20.8 Å². The lowest BCUT2D eigenvalue weighted by Crippen LogP contribution is -2.49. The largest absolute Gasteiger partial charge is 0.351 e. The summed E-state index contributed by atoms with van der Waals surface area (Å²) in [5.41, 5.74) is 5.04. The molecule has 0 rings (SSSR count). The second kappa shape index (κ2) is 4.13. The van der Waals surface area contributed by atoms with Crippen LogP contribution in [0, 0.1) is 0 Å². The van der Waals surface area contributed by atoms with Gasteiger partial charge in [-0.15, -0.1) is 0 Å². The fraction of sp³-hybridized carbons (Fsp3) is 0.857. The Morgan fingerprint density at radius 2 is 2.00 bits per heavy atom. The Hall–Kier alpha value is 0. The van der Waals surface area contributed by atoms with Crippen LogP contribution in [0.2, 0.25) is 0 Å². The van der Waals surface area contributed by atoms with E-state index in [2.05, 4.69) is 22.6 Å². The third-order valence-electron chi connectivity index (χ3n) is 1.38. The Bertz CT molecular complexity index is 142. The van der Waals surface area contributed by atoms with Gasteiger partial charge in [0.1, 0.15) is 0 Å². The molecule has 0 fully saturated rings. The number of rotatable bonds is 2. The van der Waals surface area contributed by atoms with Crippen molar-refractivity contribution in [3.63, 3.8) is 0 Å². The van der Waals surface area contributed by atoms with E-state index in [0.29, 0.717) is 0 Å². The minimum absolute atomic E-state index is 0.156. The van der Waals surface area contributed by atoms with Crippen LogP contribution in [0.3, 0.4) is 0 Å². The number of carbonyl (C=O) groups is 1. The summed E-state index contributed by atoms with van der Waals surface area (Å²) < 4.78 is 0.915. The zero-order chi connectivity index (χ0) is 9.07. The van der Waals surface area contributed by atoms with E-state index in [1.54, 1.807) is 4.90 Å². The standard InChI is InChI=1S/C7H15IN2O/c1-7(2,3)10(5-4-8)6(9)11/h4-5H2,1-3H3,(H2,9,11). The molecule has 4 heteroatoms. The maximum Gasteiger partial charge on any atom is 0.315 e. The minimum atomic E-state index is -0.339. The zero-order valence-electron chi connectivity index (χ0n) is 7.22. The van der Waals surface area contributed by atoms with Crippen LogP contribution in [0.4, 0.5) is 4.79 Å². The number of carbonyl (C=O) groups excluding carboxylic acids is 1. The second-order valence-corrected chi connectivity index (χ2v) is 4.43. The van der Waals surface area contributed by atoms with Crippen molar-refractivity contribution in [3.05, 3.63) is 0 Å². The summed E-state index contributed by atoms with van der Waals surface area (Å²) in [5.74, 6) is 0. The van der Waals surface area contributed by atoms with Crippen LogP contribution in [-0.4, -0.2) is 27.4 Å². The number of nitrogens with two attached hydrogens (primary N) is 1. The topological polar surface area (TPSA) is 46.3 Å². The average molecular weight is 270 g/mol. The number of hydrogen-bond donors (Lipinski definition) is 1. The molecule has 0 saturated heterocycles. The van der Waals surface area contributed by atoms with Crippen molar-refractivity contribution in [2.24, 2.45) is 5.73 Å². The fourth-order valence-electron chi connectivity index (χ4n) is 0.861. The van der Waals surface area contributed by atoms with Crippen molar-refractivity contribution in [3.8, 4) is 0 Å². The number of alkyl halides is 1. The van der Waals surface area contributed by atoms with Gasteiger partial charge in [-0.2, -0.15) is 0 Å². The van der Waals surface area contributed by atoms with Crippen molar-refractivity contribution < 1.29 is 4.79 Å². The molecule has 11 heavy (non-hydrogen) atoms. The van der Waals surface area contributed by atoms with Crippen LogP contribution in [-0.2, 0) is 0 Å². The summed E-state index contributed by atoms with van der Waals surface area (Å²) in [6.45, 7) is 6.65. The smallest absolute Gasteiger partial charge is 0.315 e. The number of primary amides is 1. The highest BCUT2D eigenvalue weighted by atomic mass is 127. The molecule has 2 N–H and O–H groups in total. The second-order valence-electron chi connectivity index (χ2n) is 3.35. The molecule has 0 saturated carbocycles. The maximum absolute atomic E-state index is 10.9. The number of nitrogens with zero attached hydrogens (tertiary/aromatic N) is 1. The predicted molar refractivity (Wildman–Crippen MR) is 54.9 cm³/mol. The van der Waals surface area contributed by atoms with Crippen LogP contribution in [0.15, 0.2) is 0 Å². The molecular weight excluding hydrogens is 255 g/mol. The molecule has 0 bridgehead atoms. The maximum atomic E-state index is 10.9. The first-order valence-corrected chi connectivity index (χ1v) is 5.05. The molecule has 3 nitrogen and oxygen atoms in total. The Morgan fingerprint density at radius 1 is 1.55 bits per heavy atom. The molecule has 66 valence electrons. The van der Waals surface area contributed by atoms with E-state index >= 15 is 0 Å². The number of halogens is 1. The van der Waals surface area contributed by atoms with E-state index in [9.17, 15) is 4.79 Å². The van der Waals surface area contributed by atoms with Gasteiger partial charge in [-0.1, -0.05) is 22.6 Å². The van der Waals surface area contributed by atoms with Gasteiger partial charge in [-0.3, -0.25) is 0 Å². The van der Waals surface area contributed by atoms with Crippen molar-refractivity contribution in [2.45, 2.75) is 26.3 Å². The van der Waals surface area contributed by atoms with Gasteiger partial charge in [0.2, 0.25) is 0 Å². The Kier molecular flexibility index (Phi) is 4.13. The first-order valence-electron chi connectivity index (χ1n) is 3.52. The molecule has 0 aromatic carbocycles. The van der Waals surface area contributed by atoms with Gasteiger partial charge in [0.15, 0.2) is 0 Å². The Morgan fingerprint density at radius 3 is 2.09 bits per heavy atom. The van der Waals surface area contributed by atoms with Gasteiger partial charge < -0.3 is 10.6 Å². The van der Waals surface area contributed by atoms with Gasteiger partial charge in [0, 0.05) is 16.5 Å². The van der Waals surface area contributed by atoms with Crippen molar-refractivity contribution in [1.29, 1.82) is 0 Å². The number of urea groups is 1. The zero-order valence-corrected chi connectivity index (χ0v) is 9.38. The SMILES string of the molecule is CC(C)(C)N(CCI)C(N)=O. The number of amides is 2. The van der Waals surface area contributed by atoms with E-state index in [-0.39, 0.29) is 11.6 Å². The monoisotopic (exact) mass is 270 g/mol. The first kappa shape index (κ1) is 11.0. The van der Waals surface area contributed by atoms with Crippen molar-refractivity contribution >= 4 is 28.6 Å². The highest BCUT2D eigenvalue weighted by Gasteiger charge is 2.23. The number of hydrogen-bond acceptors (Lipinski definition) is 1. The summed E-state index contributed by atoms with van der Waals surface area (Å²) in [4.78, 5) is 12.5. The van der Waals surface area contributed by atoms with Gasteiger partial charge in [0.25, 0.3) is 0 Å².